The summed E-state index contributed by atoms with van der Waals surface area (Å²) in [6.07, 6.45) is 1.92. The minimum atomic E-state index is -3.50. The second-order valence-corrected chi connectivity index (χ2v) is 4.32. The first kappa shape index (κ1) is 9.59. The van der Waals surface area contributed by atoms with E-state index in [1.54, 1.807) is 0 Å². The Kier molecular flexibility index (Phi) is 2.28. The number of hydrogen-bond acceptors (Lipinski definition) is 5. The van der Waals surface area contributed by atoms with Crippen molar-refractivity contribution in [3.05, 3.63) is 17.8 Å². The highest BCUT2D eigenvalue weighted by Gasteiger charge is 2.12. The van der Waals surface area contributed by atoms with Gasteiger partial charge in [0.15, 0.2) is 14.9 Å². The lowest BCUT2D eigenvalue weighted by atomic mass is 10.3. The topological polar surface area (TPSA) is 97.2 Å². The standard InChI is InChI=1S/C6H6N2O4S/c1-13(11,12)5-2-4(6(9)10)3-7-8-5/h2-3H,1H3,(H,9,10). The molecule has 0 aliphatic heterocycles. The molecular weight excluding hydrogens is 196 g/mol. The van der Waals surface area contributed by atoms with Gasteiger partial charge in [0.1, 0.15) is 0 Å². The fourth-order valence-electron chi connectivity index (χ4n) is 0.645. The second-order valence-electron chi connectivity index (χ2n) is 2.36. The van der Waals surface area contributed by atoms with Gasteiger partial charge in [-0.1, -0.05) is 0 Å². The molecule has 6 nitrogen and oxygen atoms in total. The Labute approximate surface area is 74.2 Å². The Morgan fingerprint density at radius 3 is 2.62 bits per heavy atom. The molecule has 13 heavy (non-hydrogen) atoms. The number of hydrogen-bond donors (Lipinski definition) is 1. The number of carboxylic acid groups (broad SMARTS) is 1. The quantitative estimate of drug-likeness (QED) is 0.699. The molecule has 0 unspecified atom stereocenters. The summed E-state index contributed by atoms with van der Waals surface area (Å²) >= 11 is 0. The van der Waals surface area contributed by atoms with Gasteiger partial charge in [0, 0.05) is 6.26 Å². The first-order valence-corrected chi connectivity index (χ1v) is 5.06. The molecule has 0 aromatic carbocycles. The number of sulfone groups is 1. The van der Waals surface area contributed by atoms with Crippen molar-refractivity contribution in [3.63, 3.8) is 0 Å². The fourth-order valence-corrected chi connectivity index (χ4v) is 1.18. The van der Waals surface area contributed by atoms with Gasteiger partial charge >= 0.3 is 5.97 Å². The maximum absolute atomic E-state index is 10.9. The van der Waals surface area contributed by atoms with Gasteiger partial charge in [-0.15, -0.1) is 5.10 Å². The van der Waals surface area contributed by atoms with E-state index < -0.39 is 15.8 Å². The van der Waals surface area contributed by atoms with Crippen LogP contribution in [-0.2, 0) is 9.84 Å². The number of rotatable bonds is 2. The van der Waals surface area contributed by atoms with Crippen LogP contribution in [0.25, 0.3) is 0 Å². The van der Waals surface area contributed by atoms with Crippen molar-refractivity contribution >= 4 is 15.8 Å². The lowest BCUT2D eigenvalue weighted by Gasteiger charge is -1.96. The van der Waals surface area contributed by atoms with Gasteiger partial charge in [-0.2, -0.15) is 5.10 Å². The van der Waals surface area contributed by atoms with E-state index in [2.05, 4.69) is 10.2 Å². The Balaban J connectivity index is 3.29. The van der Waals surface area contributed by atoms with Crippen LogP contribution in [0, 0.1) is 0 Å². The number of aromatic carboxylic acids is 1. The van der Waals surface area contributed by atoms with Crippen LogP contribution >= 0.6 is 0 Å². The summed E-state index contributed by atoms with van der Waals surface area (Å²) in [6, 6.07) is 0.963. The van der Waals surface area contributed by atoms with Crippen molar-refractivity contribution in [2.45, 2.75) is 5.03 Å². The van der Waals surface area contributed by atoms with Crippen LogP contribution in [0.1, 0.15) is 10.4 Å². The largest absolute Gasteiger partial charge is 0.478 e. The molecule has 1 N–H and O–H groups in total. The Morgan fingerprint density at radius 2 is 2.15 bits per heavy atom. The molecule has 0 amide bonds. The molecule has 0 spiro atoms. The van der Waals surface area contributed by atoms with E-state index in [0.29, 0.717) is 0 Å². The molecular formula is C6H6N2O4S. The molecule has 70 valence electrons. The van der Waals surface area contributed by atoms with Crippen LogP contribution in [0.5, 0.6) is 0 Å². The summed E-state index contributed by atoms with van der Waals surface area (Å²) in [5.74, 6) is -1.24. The summed E-state index contributed by atoms with van der Waals surface area (Å²) < 4.78 is 21.8. The molecule has 1 aromatic rings. The van der Waals surface area contributed by atoms with E-state index in [0.717, 1.165) is 18.5 Å². The summed E-state index contributed by atoms with van der Waals surface area (Å²) in [5.41, 5.74) is -0.199. The van der Waals surface area contributed by atoms with E-state index in [1.807, 2.05) is 0 Å². The highest BCUT2D eigenvalue weighted by atomic mass is 32.2. The van der Waals surface area contributed by atoms with Crippen molar-refractivity contribution in [2.24, 2.45) is 0 Å². The van der Waals surface area contributed by atoms with Crippen LogP contribution in [0.3, 0.4) is 0 Å². The van der Waals surface area contributed by atoms with E-state index in [4.69, 9.17) is 5.11 Å². The second kappa shape index (κ2) is 3.09. The monoisotopic (exact) mass is 202 g/mol. The Bertz CT molecular complexity index is 440. The van der Waals surface area contributed by atoms with Crippen LogP contribution in [0.15, 0.2) is 17.3 Å². The first-order chi connectivity index (χ1) is 5.91. The molecule has 1 rings (SSSR count). The first-order valence-electron chi connectivity index (χ1n) is 3.17. The predicted molar refractivity (Wildman–Crippen MR) is 42.1 cm³/mol. The molecule has 1 heterocycles. The van der Waals surface area contributed by atoms with E-state index in [9.17, 15) is 13.2 Å². The Morgan fingerprint density at radius 1 is 1.54 bits per heavy atom. The van der Waals surface area contributed by atoms with Gasteiger partial charge in [0.05, 0.1) is 11.8 Å². The molecule has 0 aliphatic carbocycles. The maximum atomic E-state index is 10.9. The van der Waals surface area contributed by atoms with Gasteiger partial charge in [-0.05, 0) is 6.07 Å². The lowest BCUT2D eigenvalue weighted by Crippen LogP contribution is -2.06. The van der Waals surface area contributed by atoms with Crippen molar-refractivity contribution < 1.29 is 18.3 Å². The summed E-state index contributed by atoms with van der Waals surface area (Å²) in [5, 5.41) is 14.7. The Hall–Kier alpha value is -1.50. The zero-order valence-corrected chi connectivity index (χ0v) is 7.45. The van der Waals surface area contributed by atoms with Crippen LogP contribution in [-0.4, -0.2) is 35.9 Å². The number of nitrogens with zero attached hydrogens (tertiary/aromatic N) is 2. The third-order valence-electron chi connectivity index (χ3n) is 1.26. The van der Waals surface area contributed by atoms with Gasteiger partial charge in [0.25, 0.3) is 0 Å². The van der Waals surface area contributed by atoms with Gasteiger partial charge in [0.2, 0.25) is 0 Å². The van der Waals surface area contributed by atoms with E-state index >= 15 is 0 Å². The third-order valence-corrected chi connectivity index (χ3v) is 2.22. The highest BCUT2D eigenvalue weighted by molar-refractivity contribution is 7.90. The highest BCUT2D eigenvalue weighted by Crippen LogP contribution is 2.05. The summed E-state index contributed by atoms with van der Waals surface area (Å²) in [7, 11) is -3.50. The average Bonchev–Trinajstić information content (AvgIpc) is 2.03. The smallest absolute Gasteiger partial charge is 0.337 e. The number of carbonyl (C=O) groups is 1. The zero-order valence-electron chi connectivity index (χ0n) is 6.63. The molecule has 0 radical (unpaired) electrons. The van der Waals surface area contributed by atoms with Crippen LogP contribution in [0.2, 0.25) is 0 Å². The molecule has 1 aromatic heterocycles. The van der Waals surface area contributed by atoms with E-state index in [-0.39, 0.29) is 10.6 Å². The molecule has 0 saturated heterocycles. The molecule has 0 saturated carbocycles. The van der Waals surface area contributed by atoms with Crippen LogP contribution in [0.4, 0.5) is 0 Å². The van der Waals surface area contributed by atoms with Crippen molar-refractivity contribution in [1.29, 1.82) is 0 Å². The minimum Gasteiger partial charge on any atom is -0.478 e. The summed E-state index contributed by atoms with van der Waals surface area (Å²) in [6.45, 7) is 0. The maximum Gasteiger partial charge on any atom is 0.337 e. The van der Waals surface area contributed by atoms with Gasteiger partial charge < -0.3 is 5.11 Å². The van der Waals surface area contributed by atoms with Gasteiger partial charge in [-0.25, -0.2) is 13.2 Å². The predicted octanol–water partition coefficient (Wildman–Crippen LogP) is -0.422. The fraction of sp³-hybridized carbons (Fsp3) is 0.167. The lowest BCUT2D eigenvalue weighted by molar-refractivity contribution is 0.0696. The minimum absolute atomic E-state index is 0.199. The molecule has 0 aliphatic rings. The summed E-state index contributed by atoms with van der Waals surface area (Å²) in [4.78, 5) is 10.4. The number of aromatic nitrogens is 2. The normalized spacial score (nSPS) is 11.2. The molecule has 0 fully saturated rings. The number of carboxylic acids is 1. The molecule has 7 heteroatoms. The zero-order chi connectivity index (χ0) is 10.1. The van der Waals surface area contributed by atoms with Crippen LogP contribution < -0.4 is 0 Å². The average molecular weight is 202 g/mol. The molecule has 0 atom stereocenters. The third kappa shape index (κ3) is 2.22. The van der Waals surface area contributed by atoms with Gasteiger partial charge in [-0.3, -0.25) is 0 Å². The van der Waals surface area contributed by atoms with E-state index in [1.165, 1.54) is 0 Å². The van der Waals surface area contributed by atoms with Crippen molar-refractivity contribution in [1.82, 2.24) is 10.2 Å². The SMILES string of the molecule is CS(=O)(=O)c1cc(C(=O)O)cnn1. The molecule has 0 bridgehead atoms. The van der Waals surface area contributed by atoms with Crippen molar-refractivity contribution in [3.8, 4) is 0 Å². The van der Waals surface area contributed by atoms with Crippen molar-refractivity contribution in [2.75, 3.05) is 6.26 Å².